The maximum Gasteiger partial charge on any atom is 0.514 e. The highest BCUT2D eigenvalue weighted by atomic mass is 31.2. The van der Waals surface area contributed by atoms with Gasteiger partial charge in [-0.05, 0) is 69.3 Å². The minimum atomic E-state index is -2.48. The molecule has 1 amide bonds. The molecule has 1 saturated heterocycles. The predicted molar refractivity (Wildman–Crippen MR) is 159 cm³/mol. The number of anilines is 1. The van der Waals surface area contributed by atoms with E-state index >= 15 is 4.39 Å². The normalized spacial score (nSPS) is 15.7. The smallest absolute Gasteiger partial charge is 0.428 e. The van der Waals surface area contributed by atoms with Gasteiger partial charge in [0.1, 0.15) is 34.5 Å². The monoisotopic (exact) mass is 556 g/mol. The van der Waals surface area contributed by atoms with Crippen molar-refractivity contribution in [1.82, 2.24) is 0 Å². The first-order valence-corrected chi connectivity index (χ1v) is 15.1. The lowest BCUT2D eigenvalue weighted by molar-refractivity contribution is -0.116. The third kappa shape index (κ3) is 5.37. The Bertz CT molecular complexity index is 1390. The van der Waals surface area contributed by atoms with Gasteiger partial charge in [-0.15, -0.1) is 0 Å². The fraction of sp³-hybridized carbons (Fsp3) is 0.212. The van der Waals surface area contributed by atoms with E-state index in [1.54, 1.807) is 20.8 Å². The van der Waals surface area contributed by atoms with Crippen LogP contribution in [0.1, 0.15) is 27.2 Å². The van der Waals surface area contributed by atoms with Gasteiger partial charge in [0.2, 0.25) is 0 Å². The molecule has 5 nitrogen and oxygen atoms in total. The fourth-order valence-electron chi connectivity index (χ4n) is 5.38. The molecule has 0 bridgehead atoms. The van der Waals surface area contributed by atoms with Crippen molar-refractivity contribution in [3.8, 4) is 5.75 Å². The molecule has 1 fully saturated rings. The molecular formula is C33H32FNO4P+. The first-order chi connectivity index (χ1) is 19.2. The van der Waals surface area contributed by atoms with Crippen molar-refractivity contribution in [2.75, 3.05) is 11.4 Å². The Balaban J connectivity index is 1.54. The molecule has 0 aromatic heterocycles. The highest BCUT2D eigenvalue weighted by Gasteiger charge is 2.58. The zero-order valence-corrected chi connectivity index (χ0v) is 23.7. The molecule has 204 valence electrons. The van der Waals surface area contributed by atoms with Crippen LogP contribution in [0.15, 0.2) is 109 Å². The summed E-state index contributed by atoms with van der Waals surface area (Å²) in [5, 5.41) is 3.32. The van der Waals surface area contributed by atoms with Crippen molar-refractivity contribution >= 4 is 40.9 Å². The largest absolute Gasteiger partial charge is 0.514 e. The Morgan fingerprint density at radius 2 is 1.32 bits per heavy atom. The summed E-state index contributed by atoms with van der Waals surface area (Å²) in [7, 11) is -2.48. The summed E-state index contributed by atoms with van der Waals surface area (Å²) in [6.07, 6.45) is -0.346. The van der Waals surface area contributed by atoms with Gasteiger partial charge in [0.15, 0.2) is 11.5 Å². The van der Waals surface area contributed by atoms with Crippen molar-refractivity contribution in [1.29, 1.82) is 0 Å². The maximum atomic E-state index is 15.4. The second-order valence-corrected chi connectivity index (χ2v) is 14.3. The number of rotatable bonds is 6. The van der Waals surface area contributed by atoms with Crippen molar-refractivity contribution in [2.45, 2.75) is 38.5 Å². The molecule has 1 aliphatic heterocycles. The maximum absolute atomic E-state index is 15.4. The molecule has 0 radical (unpaired) electrons. The molecule has 1 unspecified atom stereocenters. The van der Waals surface area contributed by atoms with Gasteiger partial charge in [0, 0.05) is 19.0 Å². The predicted octanol–water partition coefficient (Wildman–Crippen LogP) is 6.24. The Kier molecular flexibility index (Phi) is 7.73. The van der Waals surface area contributed by atoms with Gasteiger partial charge < -0.3 is 14.4 Å². The van der Waals surface area contributed by atoms with E-state index in [1.807, 2.05) is 54.6 Å². The molecule has 0 N–H and O–H groups in total. The van der Waals surface area contributed by atoms with E-state index in [-0.39, 0.29) is 23.0 Å². The molecule has 1 heterocycles. The zero-order chi connectivity index (χ0) is 28.3. The fourth-order valence-corrected chi connectivity index (χ4v) is 10.3. The molecule has 7 heteroatoms. The van der Waals surface area contributed by atoms with Gasteiger partial charge in [0.05, 0.1) is 5.69 Å². The van der Waals surface area contributed by atoms with Crippen LogP contribution >= 0.6 is 7.26 Å². The highest BCUT2D eigenvalue weighted by Crippen LogP contribution is 2.62. The first-order valence-electron chi connectivity index (χ1n) is 13.3. The Labute approximate surface area is 234 Å². The minimum Gasteiger partial charge on any atom is -0.428 e. The summed E-state index contributed by atoms with van der Waals surface area (Å²) < 4.78 is 25.8. The molecule has 0 aliphatic carbocycles. The van der Waals surface area contributed by atoms with Crippen molar-refractivity contribution in [3.63, 3.8) is 0 Å². The van der Waals surface area contributed by atoms with Gasteiger partial charge in [0.25, 0.3) is 5.91 Å². The Morgan fingerprint density at radius 1 is 0.825 bits per heavy atom. The van der Waals surface area contributed by atoms with Gasteiger partial charge >= 0.3 is 6.16 Å². The second kappa shape index (κ2) is 11.2. The van der Waals surface area contributed by atoms with E-state index in [0.717, 1.165) is 22.0 Å². The van der Waals surface area contributed by atoms with Crippen LogP contribution in [0.25, 0.3) is 0 Å². The molecular weight excluding hydrogens is 524 g/mol. The van der Waals surface area contributed by atoms with Crippen molar-refractivity contribution in [2.24, 2.45) is 0 Å². The summed E-state index contributed by atoms with van der Waals surface area (Å²) in [5.41, 5.74) is -0.952. The average molecular weight is 557 g/mol. The highest BCUT2D eigenvalue weighted by molar-refractivity contribution is 7.97. The topological polar surface area (TPSA) is 55.8 Å². The summed E-state index contributed by atoms with van der Waals surface area (Å²) in [5.74, 6) is -0.749. The second-order valence-electron chi connectivity index (χ2n) is 10.7. The van der Waals surface area contributed by atoms with Crippen molar-refractivity contribution in [3.05, 3.63) is 115 Å². The van der Waals surface area contributed by atoms with Crippen LogP contribution in [0.4, 0.5) is 14.9 Å². The van der Waals surface area contributed by atoms with E-state index in [9.17, 15) is 9.59 Å². The number of halogens is 1. The molecule has 0 saturated carbocycles. The number of carbonyl (C=O) groups excluding carboxylic acids is 2. The number of carbonyl (C=O) groups is 2. The van der Waals surface area contributed by atoms with Gasteiger partial charge in [-0.1, -0.05) is 54.6 Å². The number of ether oxygens (including phenoxy) is 2. The number of benzene rings is 4. The molecule has 1 atom stereocenters. The minimum absolute atomic E-state index is 0.0124. The quantitative estimate of drug-likeness (QED) is 0.160. The van der Waals surface area contributed by atoms with Gasteiger partial charge in [-0.3, -0.25) is 4.79 Å². The summed E-state index contributed by atoms with van der Waals surface area (Å²) in [6, 6.07) is 34.7. The molecule has 4 aromatic carbocycles. The van der Waals surface area contributed by atoms with Gasteiger partial charge in [-0.2, -0.15) is 0 Å². The summed E-state index contributed by atoms with van der Waals surface area (Å²) in [4.78, 5) is 27.9. The third-order valence-electron chi connectivity index (χ3n) is 6.94. The summed E-state index contributed by atoms with van der Waals surface area (Å²) >= 11 is 0. The van der Waals surface area contributed by atoms with Crippen LogP contribution in [0, 0.1) is 5.82 Å². The van der Waals surface area contributed by atoms with E-state index in [1.165, 1.54) is 17.0 Å². The lowest BCUT2D eigenvalue weighted by atomic mass is 10.2. The third-order valence-corrected chi connectivity index (χ3v) is 11.7. The molecule has 0 spiro atoms. The Morgan fingerprint density at radius 3 is 1.77 bits per heavy atom. The molecule has 4 aromatic rings. The van der Waals surface area contributed by atoms with Crippen LogP contribution < -0.4 is 25.6 Å². The average Bonchev–Trinajstić information content (AvgIpc) is 3.31. The molecule has 1 aliphatic rings. The number of hydrogen-bond donors (Lipinski definition) is 0. The van der Waals surface area contributed by atoms with Gasteiger partial charge in [-0.25, -0.2) is 9.18 Å². The van der Waals surface area contributed by atoms with Crippen LogP contribution in [0.3, 0.4) is 0 Å². The molecule has 5 rings (SSSR count). The lowest BCUT2D eigenvalue weighted by Crippen LogP contribution is -2.43. The number of hydrogen-bond acceptors (Lipinski definition) is 4. The Hall–Kier alpha value is -4.02. The van der Waals surface area contributed by atoms with E-state index in [2.05, 4.69) is 36.4 Å². The SMILES string of the molecule is CC(C)(C)OC(=O)Oc1ccc(N2CCC([P+](c3ccccc3)(c3ccccc3)c3ccccc3)C2=O)c(F)c1. The van der Waals surface area contributed by atoms with E-state index < -0.39 is 24.8 Å². The zero-order valence-electron chi connectivity index (χ0n) is 22.8. The number of nitrogens with zero attached hydrogens (tertiary/aromatic N) is 1. The van der Waals surface area contributed by atoms with E-state index in [0.29, 0.717) is 13.0 Å². The van der Waals surface area contributed by atoms with Crippen LogP contribution in [-0.4, -0.2) is 29.9 Å². The number of amides is 1. The summed E-state index contributed by atoms with van der Waals surface area (Å²) in [6.45, 7) is 5.53. The van der Waals surface area contributed by atoms with E-state index in [4.69, 9.17) is 9.47 Å². The van der Waals surface area contributed by atoms with Crippen LogP contribution in [0.2, 0.25) is 0 Å². The van der Waals surface area contributed by atoms with Crippen LogP contribution in [0.5, 0.6) is 5.75 Å². The van der Waals surface area contributed by atoms with Crippen molar-refractivity contribution < 1.29 is 23.5 Å². The van der Waals surface area contributed by atoms with Crippen LogP contribution in [-0.2, 0) is 9.53 Å². The standard InChI is InChI=1S/C33H32FNO4P/c1-33(2,3)39-32(37)38-24-19-20-29(28(34)23-24)35-22-21-30(31(35)36)40(25-13-7-4-8-14-25,26-15-9-5-10-16-26)27-17-11-6-12-18-27/h4-20,23,30H,21-22H2,1-3H3/q+1. The first kappa shape index (κ1) is 27.5. The lowest BCUT2D eigenvalue weighted by Gasteiger charge is -2.32. The molecule has 40 heavy (non-hydrogen) atoms.